The fraction of sp³-hybridized carbons (Fsp3) is 0.385. The lowest BCUT2D eigenvalue weighted by Crippen LogP contribution is -2.28. The van der Waals surface area contributed by atoms with Crippen LogP contribution in [-0.2, 0) is 0 Å². The standard InChI is InChI=1S/C13H19N3O2S/c1-9(2)18-11-6-5-10(7-12(11)17-4)8-15-16-13(19)14-3/h5-9H,1-4H3,(H2,14,16,19). The zero-order valence-electron chi connectivity index (χ0n) is 11.6. The number of thiocarbonyl (C=S) groups is 1. The Morgan fingerprint density at radius 1 is 1.37 bits per heavy atom. The molecule has 0 fully saturated rings. The maximum absolute atomic E-state index is 5.64. The second-order valence-corrected chi connectivity index (χ2v) is 4.43. The minimum Gasteiger partial charge on any atom is -0.493 e. The molecule has 0 spiro atoms. The third-order valence-corrected chi connectivity index (χ3v) is 2.45. The predicted octanol–water partition coefficient (Wildman–Crippen LogP) is 1.91. The summed E-state index contributed by atoms with van der Waals surface area (Å²) in [5.74, 6) is 1.39. The molecular formula is C13H19N3O2S. The van der Waals surface area contributed by atoms with Crippen LogP contribution in [0.5, 0.6) is 11.5 Å². The van der Waals surface area contributed by atoms with Crippen molar-refractivity contribution in [3.05, 3.63) is 23.8 Å². The zero-order chi connectivity index (χ0) is 14.3. The summed E-state index contributed by atoms with van der Waals surface area (Å²) in [6, 6.07) is 5.61. The topological polar surface area (TPSA) is 54.9 Å². The van der Waals surface area contributed by atoms with Gasteiger partial charge in [0.2, 0.25) is 0 Å². The van der Waals surface area contributed by atoms with Crippen LogP contribution in [0.2, 0.25) is 0 Å². The Kier molecular flexibility index (Phi) is 6.08. The molecule has 0 heterocycles. The Balaban J connectivity index is 2.79. The number of hydrogen-bond acceptors (Lipinski definition) is 4. The Bertz CT molecular complexity index is 461. The van der Waals surface area contributed by atoms with Gasteiger partial charge in [-0.15, -0.1) is 0 Å². The van der Waals surface area contributed by atoms with Gasteiger partial charge in [-0.25, -0.2) is 0 Å². The molecule has 0 radical (unpaired) electrons. The molecule has 1 rings (SSSR count). The van der Waals surface area contributed by atoms with Crippen molar-refractivity contribution in [3.63, 3.8) is 0 Å². The molecule has 0 aliphatic carbocycles. The SMILES string of the molecule is CNC(=S)NN=Cc1ccc(OC(C)C)c(OC)c1. The molecule has 0 aliphatic heterocycles. The van der Waals surface area contributed by atoms with Crippen LogP contribution in [0, 0.1) is 0 Å². The van der Waals surface area contributed by atoms with Crippen molar-refractivity contribution in [2.45, 2.75) is 20.0 Å². The summed E-state index contributed by atoms with van der Waals surface area (Å²) >= 11 is 4.91. The molecule has 0 saturated heterocycles. The van der Waals surface area contributed by atoms with Gasteiger partial charge in [-0.3, -0.25) is 5.43 Å². The van der Waals surface area contributed by atoms with Gasteiger partial charge in [-0.05, 0) is 49.8 Å². The van der Waals surface area contributed by atoms with Crippen molar-refractivity contribution in [1.29, 1.82) is 0 Å². The van der Waals surface area contributed by atoms with Gasteiger partial charge in [0.25, 0.3) is 0 Å². The molecule has 6 heteroatoms. The molecule has 0 saturated carbocycles. The van der Waals surface area contributed by atoms with Crippen LogP contribution in [0.1, 0.15) is 19.4 Å². The average Bonchev–Trinajstić information content (AvgIpc) is 2.39. The second-order valence-electron chi connectivity index (χ2n) is 4.03. The molecule has 0 atom stereocenters. The quantitative estimate of drug-likeness (QED) is 0.490. The highest BCUT2D eigenvalue weighted by atomic mass is 32.1. The van der Waals surface area contributed by atoms with Gasteiger partial charge < -0.3 is 14.8 Å². The van der Waals surface area contributed by atoms with Gasteiger partial charge in [0.1, 0.15) is 0 Å². The van der Waals surface area contributed by atoms with E-state index in [0.717, 1.165) is 5.56 Å². The lowest BCUT2D eigenvalue weighted by molar-refractivity contribution is 0.230. The Morgan fingerprint density at radius 3 is 2.68 bits per heavy atom. The van der Waals surface area contributed by atoms with Crippen LogP contribution in [0.4, 0.5) is 0 Å². The van der Waals surface area contributed by atoms with Crippen molar-refractivity contribution in [2.24, 2.45) is 5.10 Å². The summed E-state index contributed by atoms with van der Waals surface area (Å²) in [6.07, 6.45) is 1.76. The highest BCUT2D eigenvalue weighted by molar-refractivity contribution is 7.80. The fourth-order valence-corrected chi connectivity index (χ4v) is 1.39. The third kappa shape index (κ3) is 5.13. The smallest absolute Gasteiger partial charge is 0.186 e. The second kappa shape index (κ2) is 7.58. The number of nitrogens with zero attached hydrogens (tertiary/aromatic N) is 1. The number of rotatable bonds is 5. The van der Waals surface area contributed by atoms with Gasteiger partial charge in [-0.2, -0.15) is 5.10 Å². The summed E-state index contributed by atoms with van der Waals surface area (Å²) in [7, 11) is 3.34. The van der Waals surface area contributed by atoms with Gasteiger partial charge in [0, 0.05) is 7.05 Å². The first-order valence-electron chi connectivity index (χ1n) is 5.92. The van der Waals surface area contributed by atoms with Crippen molar-refractivity contribution in [2.75, 3.05) is 14.2 Å². The number of hydrazone groups is 1. The molecule has 0 bridgehead atoms. The zero-order valence-corrected chi connectivity index (χ0v) is 12.4. The van der Waals surface area contributed by atoms with Crippen LogP contribution in [0.3, 0.4) is 0 Å². The normalized spacial score (nSPS) is 10.6. The van der Waals surface area contributed by atoms with Crippen LogP contribution in [0.25, 0.3) is 0 Å². The number of hydrogen-bond donors (Lipinski definition) is 2. The van der Waals surface area contributed by atoms with Gasteiger partial charge >= 0.3 is 0 Å². The molecule has 0 aromatic heterocycles. The van der Waals surface area contributed by atoms with Gasteiger partial charge in [0.05, 0.1) is 19.4 Å². The van der Waals surface area contributed by atoms with E-state index in [4.69, 9.17) is 21.7 Å². The molecular weight excluding hydrogens is 262 g/mol. The number of nitrogens with one attached hydrogen (secondary N) is 2. The fourth-order valence-electron chi connectivity index (χ4n) is 1.34. The van der Waals surface area contributed by atoms with E-state index in [1.54, 1.807) is 20.4 Å². The largest absolute Gasteiger partial charge is 0.493 e. The molecule has 2 N–H and O–H groups in total. The Morgan fingerprint density at radius 2 is 2.11 bits per heavy atom. The molecule has 1 aromatic rings. The summed E-state index contributed by atoms with van der Waals surface area (Å²) in [5.41, 5.74) is 3.57. The molecule has 5 nitrogen and oxygen atoms in total. The first kappa shape index (κ1) is 15.2. The van der Waals surface area contributed by atoms with E-state index >= 15 is 0 Å². The lowest BCUT2D eigenvalue weighted by Gasteiger charge is -2.13. The summed E-state index contributed by atoms with van der Waals surface area (Å²) in [5, 5.41) is 7.23. The molecule has 0 amide bonds. The first-order chi connectivity index (χ1) is 9.06. The van der Waals surface area contributed by atoms with E-state index in [-0.39, 0.29) is 6.10 Å². The van der Waals surface area contributed by atoms with E-state index < -0.39 is 0 Å². The molecule has 104 valence electrons. The lowest BCUT2D eigenvalue weighted by atomic mass is 10.2. The van der Waals surface area contributed by atoms with E-state index in [1.807, 2.05) is 32.0 Å². The monoisotopic (exact) mass is 281 g/mol. The van der Waals surface area contributed by atoms with Crippen LogP contribution >= 0.6 is 12.2 Å². The third-order valence-electron chi connectivity index (χ3n) is 2.16. The van der Waals surface area contributed by atoms with Crippen LogP contribution in [-0.4, -0.2) is 31.6 Å². The van der Waals surface area contributed by atoms with E-state index in [9.17, 15) is 0 Å². The number of methoxy groups -OCH3 is 1. The average molecular weight is 281 g/mol. The Hall–Kier alpha value is -1.82. The minimum atomic E-state index is 0.100. The maximum Gasteiger partial charge on any atom is 0.186 e. The summed E-state index contributed by atoms with van der Waals surface area (Å²) in [6.45, 7) is 3.94. The van der Waals surface area contributed by atoms with E-state index in [0.29, 0.717) is 16.6 Å². The van der Waals surface area contributed by atoms with Crippen LogP contribution in [0.15, 0.2) is 23.3 Å². The van der Waals surface area contributed by atoms with Crippen molar-refractivity contribution >= 4 is 23.5 Å². The molecule has 0 aliphatic rings. The van der Waals surface area contributed by atoms with Gasteiger partial charge in [0.15, 0.2) is 16.6 Å². The molecule has 1 aromatic carbocycles. The first-order valence-corrected chi connectivity index (χ1v) is 6.33. The van der Waals surface area contributed by atoms with Crippen LogP contribution < -0.4 is 20.2 Å². The summed E-state index contributed by atoms with van der Waals surface area (Å²) < 4.78 is 10.9. The van der Waals surface area contributed by atoms with Gasteiger partial charge in [-0.1, -0.05) is 0 Å². The van der Waals surface area contributed by atoms with Crippen molar-refractivity contribution < 1.29 is 9.47 Å². The minimum absolute atomic E-state index is 0.100. The predicted molar refractivity (Wildman–Crippen MR) is 81.1 cm³/mol. The van der Waals surface area contributed by atoms with Crippen molar-refractivity contribution in [1.82, 2.24) is 10.7 Å². The van der Waals surface area contributed by atoms with E-state index in [2.05, 4.69) is 15.8 Å². The Labute approximate surface area is 119 Å². The number of benzene rings is 1. The summed E-state index contributed by atoms with van der Waals surface area (Å²) in [4.78, 5) is 0. The maximum atomic E-state index is 5.64. The highest BCUT2D eigenvalue weighted by Gasteiger charge is 2.06. The molecule has 0 unspecified atom stereocenters. The van der Waals surface area contributed by atoms with Crippen molar-refractivity contribution in [3.8, 4) is 11.5 Å². The highest BCUT2D eigenvalue weighted by Crippen LogP contribution is 2.28. The molecule has 19 heavy (non-hydrogen) atoms. The van der Waals surface area contributed by atoms with E-state index in [1.165, 1.54) is 0 Å². The number of ether oxygens (including phenoxy) is 2.